The predicted octanol–water partition coefficient (Wildman–Crippen LogP) is 1.94. The number of hydrogen-bond donors (Lipinski definition) is 1. The lowest BCUT2D eigenvalue weighted by molar-refractivity contribution is -0.120. The van der Waals surface area contributed by atoms with Gasteiger partial charge in [0.1, 0.15) is 18.4 Å². The second-order valence-corrected chi connectivity index (χ2v) is 4.81. The van der Waals surface area contributed by atoms with Crippen LogP contribution in [0.4, 0.5) is 5.69 Å². The molecule has 0 aromatic heterocycles. The number of nitrogens with two attached hydrogens (primary N) is 1. The minimum absolute atomic E-state index is 0.291. The number of para-hydroxylation sites is 2. The molecule has 1 atom stereocenters. The molecule has 1 unspecified atom stereocenters. The average molecular weight is 268 g/mol. The summed E-state index contributed by atoms with van der Waals surface area (Å²) in [6.45, 7) is 0.925. The predicted molar refractivity (Wildman–Crippen MR) is 77.5 cm³/mol. The second kappa shape index (κ2) is 5.25. The first kappa shape index (κ1) is 12.5. The molecule has 0 radical (unpaired) electrons. The Labute approximate surface area is 117 Å². The number of anilines is 1. The summed E-state index contributed by atoms with van der Waals surface area (Å²) in [5.41, 5.74) is 7.55. The van der Waals surface area contributed by atoms with Gasteiger partial charge >= 0.3 is 0 Å². The van der Waals surface area contributed by atoms with Gasteiger partial charge in [-0.25, -0.2) is 0 Å². The van der Waals surface area contributed by atoms with Crippen molar-refractivity contribution in [3.63, 3.8) is 0 Å². The van der Waals surface area contributed by atoms with Gasteiger partial charge in [-0.1, -0.05) is 42.5 Å². The highest BCUT2D eigenvalue weighted by Gasteiger charge is 2.31. The van der Waals surface area contributed by atoms with Gasteiger partial charge in [0.05, 0.1) is 5.69 Å². The molecule has 2 N–H and O–H groups in total. The van der Waals surface area contributed by atoms with Crippen LogP contribution in [0.2, 0.25) is 0 Å². The first-order valence-electron chi connectivity index (χ1n) is 6.57. The molecule has 4 heteroatoms. The Morgan fingerprint density at radius 2 is 1.85 bits per heavy atom. The molecule has 3 rings (SSSR count). The van der Waals surface area contributed by atoms with E-state index in [2.05, 4.69) is 0 Å². The molecule has 1 aliphatic rings. The Morgan fingerprint density at radius 3 is 2.60 bits per heavy atom. The standard InChI is InChI=1S/C16H16N2O2/c17-16(19)14-11-20-15-9-5-4-8-13(15)18(14)10-12-6-2-1-3-7-12/h1-9,14H,10-11H2,(H2,17,19). The maximum atomic E-state index is 11.7. The van der Waals surface area contributed by atoms with Gasteiger partial charge in [0.15, 0.2) is 0 Å². The Balaban J connectivity index is 1.97. The Morgan fingerprint density at radius 1 is 1.15 bits per heavy atom. The van der Waals surface area contributed by atoms with Crippen LogP contribution in [0.1, 0.15) is 5.56 Å². The van der Waals surface area contributed by atoms with Crippen molar-refractivity contribution < 1.29 is 9.53 Å². The summed E-state index contributed by atoms with van der Waals surface area (Å²) in [5.74, 6) is 0.427. The molecule has 0 bridgehead atoms. The van der Waals surface area contributed by atoms with Gasteiger partial charge in [-0.2, -0.15) is 0 Å². The van der Waals surface area contributed by atoms with Crippen LogP contribution in [0.15, 0.2) is 54.6 Å². The van der Waals surface area contributed by atoms with Gasteiger partial charge in [-0.15, -0.1) is 0 Å². The van der Waals surface area contributed by atoms with E-state index in [1.54, 1.807) is 0 Å². The quantitative estimate of drug-likeness (QED) is 0.925. The lowest BCUT2D eigenvalue weighted by atomic mass is 10.1. The highest BCUT2D eigenvalue weighted by molar-refractivity contribution is 5.85. The molecule has 4 nitrogen and oxygen atoms in total. The Kier molecular flexibility index (Phi) is 3.29. The molecular formula is C16H16N2O2. The van der Waals surface area contributed by atoms with Crippen molar-refractivity contribution in [2.45, 2.75) is 12.6 Å². The number of carbonyl (C=O) groups is 1. The number of rotatable bonds is 3. The molecule has 2 aromatic carbocycles. The maximum absolute atomic E-state index is 11.7. The zero-order chi connectivity index (χ0) is 13.9. The molecule has 1 amide bonds. The van der Waals surface area contributed by atoms with Crippen LogP contribution in [0.3, 0.4) is 0 Å². The van der Waals surface area contributed by atoms with Gasteiger partial charge in [-0.05, 0) is 17.7 Å². The topological polar surface area (TPSA) is 55.6 Å². The molecule has 102 valence electrons. The third-order valence-corrected chi connectivity index (χ3v) is 3.47. The number of fused-ring (bicyclic) bond motifs is 1. The zero-order valence-corrected chi connectivity index (χ0v) is 11.0. The Bertz CT molecular complexity index is 613. The SMILES string of the molecule is NC(=O)C1COc2ccccc2N1Cc1ccccc1. The summed E-state index contributed by atoms with van der Waals surface area (Å²) in [5, 5.41) is 0. The molecule has 0 aliphatic carbocycles. The van der Waals surface area contributed by atoms with Gasteiger partial charge in [0.2, 0.25) is 5.91 Å². The van der Waals surface area contributed by atoms with E-state index in [0.29, 0.717) is 13.2 Å². The minimum Gasteiger partial charge on any atom is -0.489 e. The van der Waals surface area contributed by atoms with E-state index in [0.717, 1.165) is 17.0 Å². The Hall–Kier alpha value is -2.49. The number of carbonyl (C=O) groups excluding carboxylic acids is 1. The molecule has 1 heterocycles. The summed E-state index contributed by atoms with van der Waals surface area (Å²) in [6, 6.07) is 17.3. The first-order valence-corrected chi connectivity index (χ1v) is 6.57. The number of ether oxygens (including phenoxy) is 1. The fourth-order valence-corrected chi connectivity index (χ4v) is 2.45. The van der Waals surface area contributed by atoms with E-state index in [1.807, 2.05) is 59.5 Å². The summed E-state index contributed by atoms with van der Waals surface area (Å²) in [7, 11) is 0. The molecule has 0 spiro atoms. The summed E-state index contributed by atoms with van der Waals surface area (Å²) >= 11 is 0. The van der Waals surface area contributed by atoms with Crippen molar-refractivity contribution in [2.75, 3.05) is 11.5 Å². The van der Waals surface area contributed by atoms with Crippen molar-refractivity contribution in [1.29, 1.82) is 0 Å². The van der Waals surface area contributed by atoms with Crippen LogP contribution in [0.25, 0.3) is 0 Å². The van der Waals surface area contributed by atoms with Crippen molar-refractivity contribution in [2.24, 2.45) is 5.73 Å². The molecule has 2 aromatic rings. The summed E-state index contributed by atoms with van der Waals surface area (Å²) in [4.78, 5) is 13.7. The van der Waals surface area contributed by atoms with Crippen molar-refractivity contribution in [1.82, 2.24) is 0 Å². The van der Waals surface area contributed by atoms with Crippen LogP contribution < -0.4 is 15.4 Å². The fraction of sp³-hybridized carbons (Fsp3) is 0.188. The third-order valence-electron chi connectivity index (χ3n) is 3.47. The van der Waals surface area contributed by atoms with Crippen LogP contribution in [-0.2, 0) is 11.3 Å². The third kappa shape index (κ3) is 2.32. The van der Waals surface area contributed by atoms with Gasteiger partial charge in [0, 0.05) is 6.54 Å². The highest BCUT2D eigenvalue weighted by atomic mass is 16.5. The number of nitrogens with zero attached hydrogens (tertiary/aromatic N) is 1. The number of benzene rings is 2. The van der Waals surface area contributed by atoms with Crippen molar-refractivity contribution in [3.8, 4) is 5.75 Å². The van der Waals surface area contributed by atoms with E-state index >= 15 is 0 Å². The fourth-order valence-electron chi connectivity index (χ4n) is 2.45. The van der Waals surface area contributed by atoms with Crippen LogP contribution in [-0.4, -0.2) is 18.6 Å². The molecule has 0 saturated carbocycles. The summed E-state index contributed by atoms with van der Waals surface area (Å²) < 4.78 is 5.62. The van der Waals surface area contributed by atoms with Crippen molar-refractivity contribution >= 4 is 11.6 Å². The number of hydrogen-bond acceptors (Lipinski definition) is 3. The van der Waals surface area contributed by atoms with Gasteiger partial charge in [-0.3, -0.25) is 4.79 Å². The smallest absolute Gasteiger partial charge is 0.243 e. The lowest BCUT2D eigenvalue weighted by Crippen LogP contribution is -2.50. The molecule has 20 heavy (non-hydrogen) atoms. The lowest BCUT2D eigenvalue weighted by Gasteiger charge is -2.36. The van der Waals surface area contributed by atoms with E-state index < -0.39 is 6.04 Å². The van der Waals surface area contributed by atoms with E-state index in [1.165, 1.54) is 0 Å². The highest BCUT2D eigenvalue weighted by Crippen LogP contribution is 2.34. The molecular weight excluding hydrogens is 252 g/mol. The number of amides is 1. The molecule has 0 fully saturated rings. The molecule has 0 saturated heterocycles. The second-order valence-electron chi connectivity index (χ2n) is 4.81. The van der Waals surface area contributed by atoms with Gasteiger partial charge in [0.25, 0.3) is 0 Å². The normalized spacial score (nSPS) is 17.2. The average Bonchev–Trinajstić information content (AvgIpc) is 2.48. The zero-order valence-electron chi connectivity index (χ0n) is 11.0. The van der Waals surface area contributed by atoms with Gasteiger partial charge < -0.3 is 15.4 Å². The largest absolute Gasteiger partial charge is 0.489 e. The summed E-state index contributed by atoms with van der Waals surface area (Å²) in [6.07, 6.45) is 0. The van der Waals surface area contributed by atoms with Crippen LogP contribution >= 0.6 is 0 Å². The minimum atomic E-state index is -0.440. The van der Waals surface area contributed by atoms with E-state index in [-0.39, 0.29) is 5.91 Å². The van der Waals surface area contributed by atoms with E-state index in [9.17, 15) is 4.79 Å². The van der Waals surface area contributed by atoms with Crippen LogP contribution in [0, 0.1) is 0 Å². The van der Waals surface area contributed by atoms with Crippen LogP contribution in [0.5, 0.6) is 5.75 Å². The monoisotopic (exact) mass is 268 g/mol. The first-order chi connectivity index (χ1) is 9.75. The number of primary amides is 1. The maximum Gasteiger partial charge on any atom is 0.243 e. The van der Waals surface area contributed by atoms with Crippen molar-refractivity contribution in [3.05, 3.63) is 60.2 Å². The van der Waals surface area contributed by atoms with E-state index in [4.69, 9.17) is 10.5 Å². The molecule has 1 aliphatic heterocycles.